The van der Waals surface area contributed by atoms with Crippen molar-refractivity contribution in [2.75, 3.05) is 13.2 Å². The normalized spacial score (nSPS) is 13.9. The van der Waals surface area contributed by atoms with E-state index in [9.17, 15) is 9.59 Å². The van der Waals surface area contributed by atoms with Crippen LogP contribution in [0.25, 0.3) is 6.08 Å². The zero-order valence-corrected chi connectivity index (χ0v) is 15.2. The third-order valence-corrected chi connectivity index (χ3v) is 3.78. The van der Waals surface area contributed by atoms with Gasteiger partial charge in [-0.2, -0.15) is 0 Å². The molecule has 2 rings (SSSR count). The molecule has 0 bridgehead atoms. The van der Waals surface area contributed by atoms with E-state index in [0.717, 1.165) is 24.2 Å². The van der Waals surface area contributed by atoms with Crippen LogP contribution in [-0.2, 0) is 14.3 Å². The van der Waals surface area contributed by atoms with Crippen LogP contribution in [0.4, 0.5) is 0 Å². The van der Waals surface area contributed by atoms with E-state index in [0.29, 0.717) is 13.2 Å². The molecule has 25 heavy (non-hydrogen) atoms. The van der Waals surface area contributed by atoms with Gasteiger partial charge in [0.1, 0.15) is 5.75 Å². The Bertz CT molecular complexity index is 620. The number of ether oxygens (including phenoxy) is 2. The molecule has 0 radical (unpaired) electrons. The van der Waals surface area contributed by atoms with Gasteiger partial charge in [0.2, 0.25) is 5.91 Å². The van der Waals surface area contributed by atoms with Crippen LogP contribution < -0.4 is 4.74 Å². The highest BCUT2D eigenvalue weighted by atomic mass is 16.5. The molecular formula is C20H27NO4. The number of carbonyl (C=O) groups is 2. The molecule has 1 aliphatic rings. The summed E-state index contributed by atoms with van der Waals surface area (Å²) in [7, 11) is 0. The van der Waals surface area contributed by atoms with Gasteiger partial charge in [-0.3, -0.25) is 9.59 Å². The van der Waals surface area contributed by atoms with E-state index in [1.807, 2.05) is 38.1 Å². The van der Waals surface area contributed by atoms with Gasteiger partial charge in [0.25, 0.3) is 0 Å². The van der Waals surface area contributed by atoms with Gasteiger partial charge < -0.3 is 14.4 Å². The fourth-order valence-corrected chi connectivity index (χ4v) is 2.53. The Morgan fingerprint density at radius 3 is 2.72 bits per heavy atom. The highest BCUT2D eigenvalue weighted by molar-refractivity contribution is 5.92. The molecule has 1 fully saturated rings. The lowest BCUT2D eigenvalue weighted by Crippen LogP contribution is -2.33. The maximum atomic E-state index is 12.5. The molecule has 1 aromatic rings. The summed E-state index contributed by atoms with van der Waals surface area (Å²) in [6, 6.07) is 7.89. The Balaban J connectivity index is 1.95. The quantitative estimate of drug-likeness (QED) is 0.508. The van der Waals surface area contributed by atoms with Crippen LogP contribution in [0.1, 0.15) is 45.6 Å². The third kappa shape index (κ3) is 6.61. The number of hydrogen-bond donors (Lipinski definition) is 0. The van der Waals surface area contributed by atoms with E-state index in [1.165, 1.54) is 0 Å². The average molecular weight is 345 g/mol. The lowest BCUT2D eigenvalue weighted by Gasteiger charge is -2.20. The van der Waals surface area contributed by atoms with Gasteiger partial charge >= 0.3 is 5.97 Å². The third-order valence-electron chi connectivity index (χ3n) is 3.78. The maximum Gasteiger partial charge on any atom is 0.307 e. The number of rotatable bonds is 9. The van der Waals surface area contributed by atoms with Gasteiger partial charge in [-0.05, 0) is 57.4 Å². The molecule has 1 saturated carbocycles. The minimum Gasteiger partial charge on any atom is -0.491 e. The van der Waals surface area contributed by atoms with E-state index >= 15 is 0 Å². The maximum absolute atomic E-state index is 12.5. The topological polar surface area (TPSA) is 55.8 Å². The first kappa shape index (κ1) is 19.0. The van der Waals surface area contributed by atoms with E-state index in [4.69, 9.17) is 9.47 Å². The second-order valence-corrected chi connectivity index (χ2v) is 6.39. The molecule has 136 valence electrons. The first-order chi connectivity index (χ1) is 12.0. The second kappa shape index (κ2) is 9.25. The van der Waals surface area contributed by atoms with Crippen LogP contribution in [0.5, 0.6) is 5.75 Å². The second-order valence-electron chi connectivity index (χ2n) is 6.39. The largest absolute Gasteiger partial charge is 0.491 e. The molecule has 0 spiro atoms. The summed E-state index contributed by atoms with van der Waals surface area (Å²) in [5, 5.41) is 0. The van der Waals surface area contributed by atoms with Crippen molar-refractivity contribution in [3.8, 4) is 5.75 Å². The molecule has 0 aliphatic heterocycles. The average Bonchev–Trinajstić information content (AvgIpc) is 3.38. The van der Waals surface area contributed by atoms with Gasteiger partial charge in [-0.1, -0.05) is 12.1 Å². The van der Waals surface area contributed by atoms with Gasteiger partial charge in [0.15, 0.2) is 0 Å². The minimum atomic E-state index is -0.261. The molecule has 5 heteroatoms. The summed E-state index contributed by atoms with van der Waals surface area (Å²) in [6.45, 7) is 6.50. The van der Waals surface area contributed by atoms with Crippen molar-refractivity contribution < 1.29 is 19.1 Å². The molecule has 0 unspecified atom stereocenters. The lowest BCUT2D eigenvalue weighted by molar-refractivity contribution is -0.143. The molecule has 5 nitrogen and oxygen atoms in total. The zero-order valence-electron chi connectivity index (χ0n) is 15.2. The molecule has 0 N–H and O–H groups in total. The molecule has 0 atom stereocenters. The molecule has 0 aromatic heterocycles. The van der Waals surface area contributed by atoms with Crippen LogP contribution in [0.15, 0.2) is 30.3 Å². The Kier molecular flexibility index (Phi) is 7.04. The molecule has 0 heterocycles. The first-order valence-corrected chi connectivity index (χ1v) is 8.90. The lowest BCUT2D eigenvalue weighted by atomic mass is 10.2. The van der Waals surface area contributed by atoms with Gasteiger partial charge in [-0.15, -0.1) is 0 Å². The number of hydrogen-bond acceptors (Lipinski definition) is 4. The monoisotopic (exact) mass is 345 g/mol. The predicted octanol–water partition coefficient (Wildman–Crippen LogP) is 3.43. The molecular weight excluding hydrogens is 318 g/mol. The Morgan fingerprint density at radius 2 is 2.08 bits per heavy atom. The molecule has 1 aliphatic carbocycles. The summed E-state index contributed by atoms with van der Waals surface area (Å²) in [6.07, 6.45) is 5.70. The summed E-state index contributed by atoms with van der Waals surface area (Å²) in [4.78, 5) is 25.8. The Morgan fingerprint density at radius 1 is 1.32 bits per heavy atom. The smallest absolute Gasteiger partial charge is 0.307 e. The standard InChI is InChI=1S/C20H27NO4/c1-4-24-20(23)12-13-21(17-9-10-17)19(22)11-8-16-6-5-7-18(14-16)25-15(2)3/h5-8,11,14-15,17H,4,9-10,12-13H2,1-3H3/b11-8+. The van der Waals surface area contributed by atoms with Gasteiger partial charge in [0.05, 0.1) is 19.1 Å². The highest BCUT2D eigenvalue weighted by Crippen LogP contribution is 2.27. The summed E-state index contributed by atoms with van der Waals surface area (Å²) in [5.74, 6) is 0.455. The van der Waals surface area contributed by atoms with E-state index in [1.54, 1.807) is 24.0 Å². The van der Waals surface area contributed by atoms with E-state index in [-0.39, 0.29) is 30.4 Å². The fourth-order valence-electron chi connectivity index (χ4n) is 2.53. The van der Waals surface area contributed by atoms with Crippen molar-refractivity contribution in [1.29, 1.82) is 0 Å². The van der Waals surface area contributed by atoms with Crippen molar-refractivity contribution in [1.82, 2.24) is 4.90 Å². The predicted molar refractivity (Wildman–Crippen MR) is 97.2 cm³/mol. The van der Waals surface area contributed by atoms with Crippen molar-refractivity contribution in [3.63, 3.8) is 0 Å². The van der Waals surface area contributed by atoms with Gasteiger partial charge in [-0.25, -0.2) is 0 Å². The Labute approximate surface area is 149 Å². The highest BCUT2D eigenvalue weighted by Gasteiger charge is 2.31. The van der Waals surface area contributed by atoms with Crippen molar-refractivity contribution in [3.05, 3.63) is 35.9 Å². The van der Waals surface area contributed by atoms with Crippen molar-refractivity contribution in [2.45, 2.75) is 52.2 Å². The van der Waals surface area contributed by atoms with Gasteiger partial charge in [0, 0.05) is 18.7 Å². The van der Waals surface area contributed by atoms with Crippen LogP contribution in [0.3, 0.4) is 0 Å². The van der Waals surface area contributed by atoms with E-state index < -0.39 is 0 Å². The SMILES string of the molecule is CCOC(=O)CCN(C(=O)/C=C/c1cccc(OC(C)C)c1)C1CC1. The summed E-state index contributed by atoms with van der Waals surface area (Å²) >= 11 is 0. The number of carbonyl (C=O) groups excluding carboxylic acids is 2. The number of esters is 1. The molecule has 1 amide bonds. The number of amides is 1. The summed E-state index contributed by atoms with van der Waals surface area (Å²) in [5.41, 5.74) is 0.910. The fraction of sp³-hybridized carbons (Fsp3) is 0.500. The van der Waals surface area contributed by atoms with Crippen LogP contribution in [0.2, 0.25) is 0 Å². The van der Waals surface area contributed by atoms with Crippen LogP contribution in [-0.4, -0.2) is 42.1 Å². The molecule has 1 aromatic carbocycles. The van der Waals surface area contributed by atoms with Crippen LogP contribution in [0, 0.1) is 0 Å². The van der Waals surface area contributed by atoms with Crippen LogP contribution >= 0.6 is 0 Å². The van der Waals surface area contributed by atoms with Crippen molar-refractivity contribution in [2.24, 2.45) is 0 Å². The number of benzene rings is 1. The summed E-state index contributed by atoms with van der Waals surface area (Å²) < 4.78 is 10.6. The zero-order chi connectivity index (χ0) is 18.2. The number of nitrogens with zero attached hydrogens (tertiary/aromatic N) is 1. The molecule has 0 saturated heterocycles. The van der Waals surface area contributed by atoms with E-state index in [2.05, 4.69) is 0 Å². The van der Waals surface area contributed by atoms with Crippen molar-refractivity contribution >= 4 is 18.0 Å². The minimum absolute atomic E-state index is 0.0676. The first-order valence-electron chi connectivity index (χ1n) is 8.90. The Hall–Kier alpha value is -2.30.